The molecule has 2 heterocycles. The lowest BCUT2D eigenvalue weighted by Crippen LogP contribution is -2.48. The highest BCUT2D eigenvalue weighted by molar-refractivity contribution is 7.89. The normalized spacial score (nSPS) is 15.9. The molecule has 158 valence electrons. The summed E-state index contributed by atoms with van der Waals surface area (Å²) in [5, 5.41) is 3.63. The first-order valence-electron chi connectivity index (χ1n) is 9.53. The van der Waals surface area contributed by atoms with Crippen molar-refractivity contribution in [3.63, 3.8) is 0 Å². The minimum absolute atomic E-state index is 0.292. The summed E-state index contributed by atoms with van der Waals surface area (Å²) in [5.41, 5.74) is 1.91. The van der Waals surface area contributed by atoms with Crippen molar-refractivity contribution < 1.29 is 13.2 Å². The predicted molar refractivity (Wildman–Crippen MR) is 120 cm³/mol. The topological polar surface area (TPSA) is 62.7 Å². The van der Waals surface area contributed by atoms with Gasteiger partial charge in [-0.3, -0.25) is 4.90 Å². The van der Waals surface area contributed by atoms with Gasteiger partial charge in [0, 0.05) is 43.7 Å². The van der Waals surface area contributed by atoms with Crippen LogP contribution in [0.15, 0.2) is 58.8 Å². The van der Waals surface area contributed by atoms with Gasteiger partial charge in [-0.25, -0.2) is 13.4 Å². The van der Waals surface area contributed by atoms with Gasteiger partial charge in [-0.05, 0) is 30.3 Å². The summed E-state index contributed by atoms with van der Waals surface area (Å²) in [6.45, 7) is 2.92. The quantitative estimate of drug-likeness (QED) is 0.553. The highest BCUT2D eigenvalue weighted by Gasteiger charge is 2.28. The molecule has 1 fully saturated rings. The van der Waals surface area contributed by atoms with E-state index in [1.165, 1.54) is 0 Å². The first-order chi connectivity index (χ1) is 14.5. The van der Waals surface area contributed by atoms with Gasteiger partial charge in [0.05, 0.1) is 22.7 Å². The average molecular weight is 464 g/mol. The second-order valence-corrected chi connectivity index (χ2v) is 10.2. The van der Waals surface area contributed by atoms with E-state index in [0.29, 0.717) is 48.4 Å². The molecule has 0 bridgehead atoms. The van der Waals surface area contributed by atoms with Gasteiger partial charge in [0.1, 0.15) is 10.8 Å². The van der Waals surface area contributed by atoms with Crippen molar-refractivity contribution >= 4 is 33.0 Å². The Labute approximate surface area is 185 Å². The van der Waals surface area contributed by atoms with Gasteiger partial charge in [0.15, 0.2) is 0 Å². The number of thiazole rings is 1. The van der Waals surface area contributed by atoms with Gasteiger partial charge in [-0.2, -0.15) is 4.31 Å². The molecule has 4 rings (SSSR count). The Morgan fingerprint density at radius 2 is 1.77 bits per heavy atom. The van der Waals surface area contributed by atoms with E-state index >= 15 is 0 Å². The van der Waals surface area contributed by atoms with Crippen LogP contribution in [0.1, 0.15) is 5.69 Å². The van der Waals surface area contributed by atoms with Crippen LogP contribution in [0, 0.1) is 0 Å². The molecule has 0 N–H and O–H groups in total. The first kappa shape index (κ1) is 21.3. The molecule has 6 nitrogen and oxygen atoms in total. The van der Waals surface area contributed by atoms with Gasteiger partial charge in [-0.1, -0.05) is 29.8 Å². The van der Waals surface area contributed by atoms with Crippen molar-refractivity contribution in [2.45, 2.75) is 11.4 Å². The average Bonchev–Trinajstić information content (AvgIpc) is 3.22. The Morgan fingerprint density at radius 1 is 1.07 bits per heavy atom. The fourth-order valence-corrected chi connectivity index (χ4v) is 5.95. The molecule has 0 atom stereocenters. The smallest absolute Gasteiger partial charge is 0.243 e. The van der Waals surface area contributed by atoms with E-state index < -0.39 is 10.0 Å². The zero-order valence-corrected chi connectivity index (χ0v) is 18.9. The Balaban J connectivity index is 1.37. The van der Waals surface area contributed by atoms with Crippen LogP contribution >= 0.6 is 22.9 Å². The molecule has 0 amide bonds. The number of hydrogen-bond donors (Lipinski definition) is 0. The fourth-order valence-electron chi connectivity index (χ4n) is 3.39. The minimum Gasteiger partial charge on any atom is -0.497 e. The van der Waals surface area contributed by atoms with Crippen molar-refractivity contribution in [1.82, 2.24) is 14.2 Å². The molecular formula is C21H22ClN3O3S2. The van der Waals surface area contributed by atoms with Crippen LogP contribution in [0.2, 0.25) is 5.02 Å². The molecule has 1 aliphatic rings. The van der Waals surface area contributed by atoms with Crippen molar-refractivity contribution in [3.8, 4) is 16.3 Å². The SMILES string of the molecule is COc1ccc(S(=O)(=O)N2CCN(Cc3csc(-c4ccccc4Cl)n3)CC2)cc1. The minimum atomic E-state index is -3.50. The van der Waals surface area contributed by atoms with Gasteiger partial charge >= 0.3 is 0 Å². The summed E-state index contributed by atoms with van der Waals surface area (Å²) in [5.74, 6) is 0.637. The van der Waals surface area contributed by atoms with Crippen LogP contribution in [-0.4, -0.2) is 55.9 Å². The van der Waals surface area contributed by atoms with Crippen LogP contribution in [0.25, 0.3) is 10.6 Å². The molecule has 1 aromatic heterocycles. The Morgan fingerprint density at radius 3 is 2.43 bits per heavy atom. The summed E-state index contributed by atoms with van der Waals surface area (Å²) in [6.07, 6.45) is 0. The monoisotopic (exact) mass is 463 g/mol. The number of ether oxygens (including phenoxy) is 1. The molecule has 0 unspecified atom stereocenters. The number of sulfonamides is 1. The van der Waals surface area contributed by atoms with E-state index in [2.05, 4.69) is 4.90 Å². The number of nitrogens with zero attached hydrogens (tertiary/aromatic N) is 3. The third kappa shape index (κ3) is 4.53. The molecule has 0 spiro atoms. The number of piperazine rings is 1. The van der Waals surface area contributed by atoms with E-state index in [1.54, 1.807) is 47.0 Å². The lowest BCUT2D eigenvalue weighted by molar-refractivity contribution is 0.180. The highest BCUT2D eigenvalue weighted by atomic mass is 35.5. The molecule has 9 heteroatoms. The van der Waals surface area contributed by atoms with Crippen LogP contribution in [0.5, 0.6) is 5.75 Å². The second kappa shape index (κ2) is 9.03. The van der Waals surface area contributed by atoms with Crippen molar-refractivity contribution in [2.24, 2.45) is 0 Å². The molecule has 2 aromatic carbocycles. The van der Waals surface area contributed by atoms with Crippen LogP contribution in [-0.2, 0) is 16.6 Å². The molecule has 0 radical (unpaired) electrons. The Kier molecular flexibility index (Phi) is 6.40. The maximum absolute atomic E-state index is 12.9. The third-order valence-electron chi connectivity index (χ3n) is 5.07. The van der Waals surface area contributed by atoms with Gasteiger partial charge in [0.25, 0.3) is 0 Å². The fraction of sp³-hybridized carbons (Fsp3) is 0.286. The van der Waals surface area contributed by atoms with Crippen molar-refractivity contribution in [1.29, 1.82) is 0 Å². The van der Waals surface area contributed by atoms with E-state index in [0.717, 1.165) is 16.3 Å². The van der Waals surface area contributed by atoms with Crippen molar-refractivity contribution in [2.75, 3.05) is 33.3 Å². The van der Waals surface area contributed by atoms with Gasteiger partial charge in [0.2, 0.25) is 10.0 Å². The molecule has 1 aliphatic heterocycles. The van der Waals surface area contributed by atoms with Gasteiger partial charge in [-0.15, -0.1) is 11.3 Å². The standard InChI is InChI=1S/C21H22ClN3O3S2/c1-28-17-6-8-18(9-7-17)30(26,27)25-12-10-24(11-13-25)14-16-15-29-21(23-16)19-4-2-3-5-20(19)22/h2-9,15H,10-14H2,1H3. The number of hydrogen-bond acceptors (Lipinski definition) is 6. The third-order valence-corrected chi connectivity index (χ3v) is 8.24. The molecule has 1 saturated heterocycles. The molecule has 0 aliphatic carbocycles. The van der Waals surface area contributed by atoms with E-state index in [4.69, 9.17) is 21.3 Å². The summed E-state index contributed by atoms with van der Waals surface area (Å²) in [4.78, 5) is 7.24. The molecular weight excluding hydrogens is 442 g/mol. The molecule has 30 heavy (non-hydrogen) atoms. The molecule has 3 aromatic rings. The Hall–Kier alpha value is -1.97. The number of rotatable bonds is 6. The predicted octanol–water partition coefficient (Wildman–Crippen LogP) is 3.98. The lowest BCUT2D eigenvalue weighted by atomic mass is 10.2. The van der Waals surface area contributed by atoms with E-state index in [-0.39, 0.29) is 0 Å². The van der Waals surface area contributed by atoms with Crippen molar-refractivity contribution in [3.05, 3.63) is 64.6 Å². The molecule has 0 saturated carbocycles. The zero-order chi connectivity index (χ0) is 21.1. The second-order valence-electron chi connectivity index (χ2n) is 6.98. The maximum Gasteiger partial charge on any atom is 0.243 e. The van der Waals surface area contributed by atoms with Gasteiger partial charge < -0.3 is 4.74 Å². The van der Waals surface area contributed by atoms with Crippen LogP contribution in [0.3, 0.4) is 0 Å². The van der Waals surface area contributed by atoms with E-state index in [1.807, 2.05) is 29.6 Å². The van der Waals surface area contributed by atoms with Crippen LogP contribution in [0.4, 0.5) is 0 Å². The number of benzene rings is 2. The van der Waals surface area contributed by atoms with Crippen LogP contribution < -0.4 is 4.74 Å². The summed E-state index contributed by atoms with van der Waals surface area (Å²) < 4.78 is 32.4. The number of aromatic nitrogens is 1. The zero-order valence-electron chi connectivity index (χ0n) is 16.5. The maximum atomic E-state index is 12.9. The van der Waals surface area contributed by atoms with E-state index in [9.17, 15) is 8.42 Å². The number of methoxy groups -OCH3 is 1. The summed E-state index contributed by atoms with van der Waals surface area (Å²) in [7, 11) is -1.94. The summed E-state index contributed by atoms with van der Waals surface area (Å²) in [6, 6.07) is 14.2. The lowest BCUT2D eigenvalue weighted by Gasteiger charge is -2.33. The summed E-state index contributed by atoms with van der Waals surface area (Å²) >= 11 is 7.84. The Bertz CT molecular complexity index is 1110. The first-order valence-corrected chi connectivity index (χ1v) is 12.2. The highest BCUT2D eigenvalue weighted by Crippen LogP contribution is 2.30. The number of halogens is 1. The largest absolute Gasteiger partial charge is 0.497 e.